The number of hydrogen-bond acceptors (Lipinski definition) is 0. The summed E-state index contributed by atoms with van der Waals surface area (Å²) in [6.07, 6.45) is 15.2. The van der Waals surface area contributed by atoms with Gasteiger partial charge in [0.1, 0.15) is 0 Å². The molecule has 0 heterocycles. The largest absolute Gasteiger partial charge is 0.103 e. The quantitative estimate of drug-likeness (QED) is 0.271. The third-order valence-electron chi connectivity index (χ3n) is 4.35. The van der Waals surface area contributed by atoms with E-state index in [0.717, 1.165) is 19.3 Å². The molecular formula is C32H52. The normalized spacial score (nSPS) is 8.44. The highest BCUT2D eigenvalue weighted by Crippen LogP contribution is 2.10. The molecule has 0 aliphatic carbocycles. The average Bonchev–Trinajstić information content (AvgIpc) is 2.86. The predicted molar refractivity (Wildman–Crippen MR) is 152 cm³/mol. The Morgan fingerprint density at radius 3 is 1.59 bits per heavy atom. The Balaban J connectivity index is -0.000000378. The Bertz CT molecular complexity index is 613. The summed E-state index contributed by atoms with van der Waals surface area (Å²) >= 11 is 0. The maximum atomic E-state index is 3.71. The molecule has 0 saturated carbocycles. The summed E-state index contributed by atoms with van der Waals surface area (Å²) in [6.45, 7) is 23.2. The van der Waals surface area contributed by atoms with Gasteiger partial charge in [0.15, 0.2) is 0 Å². The number of benzene rings is 2. The van der Waals surface area contributed by atoms with Gasteiger partial charge < -0.3 is 0 Å². The summed E-state index contributed by atoms with van der Waals surface area (Å²) < 4.78 is 0. The minimum Gasteiger partial charge on any atom is -0.103 e. The monoisotopic (exact) mass is 436 g/mol. The first-order valence-electron chi connectivity index (χ1n) is 12.5. The predicted octanol–water partition coefficient (Wildman–Crippen LogP) is 10.7. The van der Waals surface area contributed by atoms with Crippen LogP contribution in [0.25, 0.3) is 0 Å². The van der Waals surface area contributed by atoms with Gasteiger partial charge in [-0.2, -0.15) is 0 Å². The van der Waals surface area contributed by atoms with Crippen molar-refractivity contribution in [1.82, 2.24) is 0 Å². The second kappa shape index (κ2) is 30.9. The molecule has 0 bridgehead atoms. The molecule has 0 nitrogen and oxygen atoms in total. The lowest BCUT2D eigenvalue weighted by Crippen LogP contribution is -1.87. The minimum absolute atomic E-state index is 1.08. The number of unbranched alkanes of at least 4 members (excludes halogenated alkanes) is 2. The van der Waals surface area contributed by atoms with Gasteiger partial charge in [-0.1, -0.05) is 114 Å². The molecule has 0 amide bonds. The first kappa shape index (κ1) is 34.3. The van der Waals surface area contributed by atoms with Gasteiger partial charge in [-0.3, -0.25) is 0 Å². The Kier molecular flexibility index (Phi) is 33.0. The number of hydrogen-bond donors (Lipinski definition) is 0. The summed E-state index contributed by atoms with van der Waals surface area (Å²) in [5, 5.41) is 0. The first-order valence-corrected chi connectivity index (χ1v) is 12.5. The van der Waals surface area contributed by atoms with E-state index in [1.54, 1.807) is 0 Å². The van der Waals surface area contributed by atoms with Crippen molar-refractivity contribution in [3.05, 3.63) is 109 Å². The standard InChI is InChI=1S/C12H16.C10H14.2C4H8.C2H6/c1-3-4-5-9-12-10-7-6-8-11(12)2;1-2-3-7-10-8-5-4-6-9-10;2*1-3-4-2;1-2/h3,6-8,10H,1,4-5,9H2,2H3;4-6,8-9H,2-3,7H2,1H3;2*3H,1,4H2,2H3;1-2H3. The van der Waals surface area contributed by atoms with Crippen LogP contribution in [0.4, 0.5) is 0 Å². The van der Waals surface area contributed by atoms with Crippen molar-refractivity contribution in [3.63, 3.8) is 0 Å². The van der Waals surface area contributed by atoms with Crippen molar-refractivity contribution in [2.24, 2.45) is 0 Å². The van der Waals surface area contributed by atoms with Gasteiger partial charge in [0, 0.05) is 0 Å². The van der Waals surface area contributed by atoms with Crippen LogP contribution in [0, 0.1) is 6.92 Å². The molecule has 180 valence electrons. The zero-order chi connectivity index (χ0) is 24.9. The third kappa shape index (κ3) is 25.7. The fourth-order valence-corrected chi connectivity index (χ4v) is 2.35. The summed E-state index contributed by atoms with van der Waals surface area (Å²) in [7, 11) is 0. The maximum absolute atomic E-state index is 3.71. The summed E-state index contributed by atoms with van der Waals surface area (Å²) in [5.74, 6) is 0. The van der Waals surface area contributed by atoms with E-state index in [1.807, 2.05) is 32.1 Å². The lowest BCUT2D eigenvalue weighted by Gasteiger charge is -2.02. The molecule has 32 heavy (non-hydrogen) atoms. The molecule has 2 rings (SSSR count). The van der Waals surface area contributed by atoms with Gasteiger partial charge in [-0.25, -0.2) is 0 Å². The lowest BCUT2D eigenvalue weighted by molar-refractivity contribution is 0.795. The van der Waals surface area contributed by atoms with E-state index in [4.69, 9.17) is 0 Å². The van der Waals surface area contributed by atoms with E-state index in [-0.39, 0.29) is 0 Å². The number of allylic oxidation sites excluding steroid dienone is 3. The van der Waals surface area contributed by atoms with Crippen molar-refractivity contribution in [2.75, 3.05) is 0 Å². The molecule has 0 atom stereocenters. The van der Waals surface area contributed by atoms with E-state index in [1.165, 1.54) is 48.8 Å². The van der Waals surface area contributed by atoms with Crippen LogP contribution in [0.2, 0.25) is 0 Å². The van der Waals surface area contributed by atoms with Crippen molar-refractivity contribution in [1.29, 1.82) is 0 Å². The van der Waals surface area contributed by atoms with E-state index >= 15 is 0 Å². The second-order valence-electron chi connectivity index (χ2n) is 7.09. The van der Waals surface area contributed by atoms with Crippen LogP contribution >= 0.6 is 0 Å². The Hall–Kier alpha value is -2.34. The Labute approximate surface area is 202 Å². The summed E-state index contributed by atoms with van der Waals surface area (Å²) in [6, 6.07) is 19.2. The van der Waals surface area contributed by atoms with E-state index in [0.29, 0.717) is 0 Å². The molecule has 0 fully saturated rings. The van der Waals surface area contributed by atoms with Crippen LogP contribution in [0.15, 0.2) is 92.6 Å². The molecule has 0 radical (unpaired) electrons. The Morgan fingerprint density at radius 1 is 0.656 bits per heavy atom. The third-order valence-corrected chi connectivity index (χ3v) is 4.35. The van der Waals surface area contributed by atoms with Gasteiger partial charge in [-0.05, 0) is 68.6 Å². The molecule has 0 spiro atoms. The summed E-state index contributed by atoms with van der Waals surface area (Å²) in [4.78, 5) is 0. The molecule has 2 aromatic rings. The van der Waals surface area contributed by atoms with Gasteiger partial charge >= 0.3 is 0 Å². The van der Waals surface area contributed by atoms with Gasteiger partial charge in [0.05, 0.1) is 0 Å². The highest BCUT2D eigenvalue weighted by atomic mass is 14.0. The molecule has 0 aromatic heterocycles. The molecule has 0 heteroatoms. The molecule has 0 N–H and O–H groups in total. The number of rotatable bonds is 9. The minimum atomic E-state index is 1.08. The van der Waals surface area contributed by atoms with Crippen LogP contribution in [0.1, 0.15) is 89.8 Å². The highest BCUT2D eigenvalue weighted by Gasteiger charge is 1.94. The van der Waals surface area contributed by atoms with E-state index in [2.05, 4.69) is 102 Å². The molecular weight excluding hydrogens is 384 g/mol. The lowest BCUT2D eigenvalue weighted by atomic mass is 10.0. The SMILES string of the molecule is C=CCC.C=CCC.C=CCCCc1ccccc1C.CC.CCCCc1ccccc1. The van der Waals surface area contributed by atoms with E-state index in [9.17, 15) is 0 Å². The molecule has 0 saturated heterocycles. The van der Waals surface area contributed by atoms with Gasteiger partial charge in [-0.15, -0.1) is 19.7 Å². The maximum Gasteiger partial charge on any atom is -0.0273 e. The Morgan fingerprint density at radius 2 is 1.16 bits per heavy atom. The van der Waals surface area contributed by atoms with Crippen LogP contribution in [-0.4, -0.2) is 0 Å². The van der Waals surface area contributed by atoms with E-state index < -0.39 is 0 Å². The summed E-state index contributed by atoms with van der Waals surface area (Å²) in [5.41, 5.74) is 4.34. The molecule has 0 aliphatic rings. The highest BCUT2D eigenvalue weighted by molar-refractivity contribution is 5.25. The van der Waals surface area contributed by atoms with Crippen molar-refractivity contribution >= 4 is 0 Å². The van der Waals surface area contributed by atoms with Crippen molar-refractivity contribution in [3.8, 4) is 0 Å². The average molecular weight is 437 g/mol. The molecule has 2 aromatic carbocycles. The van der Waals surface area contributed by atoms with Crippen LogP contribution < -0.4 is 0 Å². The first-order chi connectivity index (χ1) is 15.6. The second-order valence-corrected chi connectivity index (χ2v) is 7.09. The van der Waals surface area contributed by atoms with Crippen molar-refractivity contribution < 1.29 is 0 Å². The fraction of sp³-hybridized carbons (Fsp3) is 0.438. The smallest absolute Gasteiger partial charge is 0.0273 e. The van der Waals surface area contributed by atoms with Crippen LogP contribution in [0.5, 0.6) is 0 Å². The van der Waals surface area contributed by atoms with Crippen LogP contribution in [-0.2, 0) is 12.8 Å². The number of aryl methyl sites for hydroxylation is 3. The topological polar surface area (TPSA) is 0 Å². The fourth-order valence-electron chi connectivity index (χ4n) is 2.35. The van der Waals surface area contributed by atoms with Crippen LogP contribution in [0.3, 0.4) is 0 Å². The zero-order valence-corrected chi connectivity index (χ0v) is 22.2. The van der Waals surface area contributed by atoms with Gasteiger partial charge in [0.25, 0.3) is 0 Å². The van der Waals surface area contributed by atoms with Gasteiger partial charge in [0.2, 0.25) is 0 Å². The van der Waals surface area contributed by atoms with Crippen molar-refractivity contribution in [2.45, 2.75) is 92.9 Å². The zero-order valence-electron chi connectivity index (χ0n) is 22.2. The molecule has 0 aliphatic heterocycles. The molecule has 0 unspecified atom stereocenters.